The van der Waals surface area contributed by atoms with Crippen molar-refractivity contribution in [1.82, 2.24) is 0 Å². The summed E-state index contributed by atoms with van der Waals surface area (Å²) < 4.78 is 19.2. The van der Waals surface area contributed by atoms with Gasteiger partial charge in [-0.05, 0) is 43.2 Å². The van der Waals surface area contributed by atoms with Crippen molar-refractivity contribution in [2.45, 2.75) is 26.0 Å². The van der Waals surface area contributed by atoms with Crippen LogP contribution in [-0.4, -0.2) is 6.04 Å². The minimum Gasteiger partial charge on any atom is -0.489 e. The maximum atomic E-state index is 13.6. The molecule has 0 aliphatic carbocycles. The van der Waals surface area contributed by atoms with Crippen LogP contribution in [0.2, 0.25) is 5.02 Å². The van der Waals surface area contributed by atoms with Crippen molar-refractivity contribution in [1.29, 1.82) is 0 Å². The smallest absolute Gasteiger partial charge is 0.131 e. The van der Waals surface area contributed by atoms with Gasteiger partial charge in [-0.25, -0.2) is 4.39 Å². The molecule has 2 aromatic carbocycles. The molecule has 2 aromatic rings. The Morgan fingerprint density at radius 2 is 2.00 bits per heavy atom. The minimum atomic E-state index is -0.357. The zero-order valence-electron chi connectivity index (χ0n) is 11.3. The van der Waals surface area contributed by atoms with Gasteiger partial charge in [0, 0.05) is 11.6 Å². The Bertz CT molecular complexity index is 566. The van der Waals surface area contributed by atoms with E-state index in [0.29, 0.717) is 16.3 Å². The maximum Gasteiger partial charge on any atom is 0.131 e. The summed E-state index contributed by atoms with van der Waals surface area (Å²) in [6, 6.07) is 12.3. The van der Waals surface area contributed by atoms with E-state index in [0.717, 1.165) is 12.0 Å². The van der Waals surface area contributed by atoms with Crippen LogP contribution in [-0.2, 0) is 13.0 Å². The second kappa shape index (κ2) is 6.73. The van der Waals surface area contributed by atoms with Gasteiger partial charge < -0.3 is 10.5 Å². The van der Waals surface area contributed by atoms with E-state index in [1.54, 1.807) is 12.1 Å². The van der Waals surface area contributed by atoms with Crippen molar-refractivity contribution in [3.8, 4) is 5.75 Å². The predicted molar refractivity (Wildman–Crippen MR) is 79.5 cm³/mol. The Labute approximate surface area is 123 Å². The lowest BCUT2D eigenvalue weighted by atomic mass is 10.1. The maximum absolute atomic E-state index is 13.6. The molecule has 0 aromatic heterocycles. The molecule has 0 saturated carbocycles. The molecule has 0 bridgehead atoms. The van der Waals surface area contributed by atoms with Gasteiger partial charge in [0.25, 0.3) is 0 Å². The van der Waals surface area contributed by atoms with E-state index in [2.05, 4.69) is 0 Å². The highest BCUT2D eigenvalue weighted by Gasteiger charge is 2.08. The van der Waals surface area contributed by atoms with E-state index < -0.39 is 0 Å². The Morgan fingerprint density at radius 3 is 2.70 bits per heavy atom. The fourth-order valence-corrected chi connectivity index (χ4v) is 2.18. The molecule has 2 rings (SSSR count). The summed E-state index contributed by atoms with van der Waals surface area (Å²) in [7, 11) is 0. The van der Waals surface area contributed by atoms with Crippen molar-refractivity contribution < 1.29 is 9.13 Å². The zero-order valence-corrected chi connectivity index (χ0v) is 12.0. The third-order valence-corrected chi connectivity index (χ3v) is 3.26. The highest BCUT2D eigenvalue weighted by Crippen LogP contribution is 2.22. The fraction of sp³-hybridized carbons (Fsp3) is 0.250. The zero-order chi connectivity index (χ0) is 14.5. The first kappa shape index (κ1) is 14.8. The van der Waals surface area contributed by atoms with E-state index in [-0.39, 0.29) is 18.5 Å². The summed E-state index contributed by atoms with van der Waals surface area (Å²) in [6.07, 6.45) is 0.775. The molecule has 106 valence electrons. The van der Waals surface area contributed by atoms with Gasteiger partial charge in [0.05, 0.1) is 5.02 Å². The van der Waals surface area contributed by atoms with E-state index in [1.165, 1.54) is 6.07 Å². The van der Waals surface area contributed by atoms with Gasteiger partial charge in [-0.3, -0.25) is 0 Å². The highest BCUT2D eigenvalue weighted by molar-refractivity contribution is 6.31. The lowest BCUT2D eigenvalue weighted by molar-refractivity contribution is 0.299. The summed E-state index contributed by atoms with van der Waals surface area (Å²) in [4.78, 5) is 0. The van der Waals surface area contributed by atoms with Crippen molar-refractivity contribution in [3.05, 3.63) is 64.4 Å². The summed E-state index contributed by atoms with van der Waals surface area (Å²) in [5, 5.41) is 0.372. The van der Waals surface area contributed by atoms with Crippen molar-refractivity contribution in [2.24, 2.45) is 5.73 Å². The molecule has 2 nitrogen and oxygen atoms in total. The van der Waals surface area contributed by atoms with Crippen LogP contribution in [0.4, 0.5) is 4.39 Å². The molecule has 0 aliphatic heterocycles. The lowest BCUT2D eigenvalue weighted by Crippen LogP contribution is -2.17. The van der Waals surface area contributed by atoms with E-state index in [4.69, 9.17) is 22.1 Å². The molecule has 0 heterocycles. The molecule has 0 radical (unpaired) electrons. The standard InChI is InChI=1S/C16H17ClFNO/c1-11(19)8-12-4-2-5-13(9-12)20-10-14-15(17)6-3-7-16(14)18/h2-7,9,11H,8,10,19H2,1H3. The molecule has 0 spiro atoms. The van der Waals surface area contributed by atoms with Gasteiger partial charge in [-0.15, -0.1) is 0 Å². The van der Waals surface area contributed by atoms with Crippen molar-refractivity contribution in [3.63, 3.8) is 0 Å². The van der Waals surface area contributed by atoms with Crippen LogP contribution in [0.15, 0.2) is 42.5 Å². The van der Waals surface area contributed by atoms with Crippen LogP contribution in [0.3, 0.4) is 0 Å². The topological polar surface area (TPSA) is 35.2 Å². The number of benzene rings is 2. The molecule has 0 saturated heterocycles. The molecule has 1 atom stereocenters. The first-order chi connectivity index (χ1) is 9.56. The average molecular weight is 294 g/mol. The molecule has 4 heteroatoms. The van der Waals surface area contributed by atoms with Crippen LogP contribution in [0.25, 0.3) is 0 Å². The largest absolute Gasteiger partial charge is 0.489 e. The second-order valence-corrected chi connectivity index (χ2v) is 5.22. The fourth-order valence-electron chi connectivity index (χ4n) is 1.96. The van der Waals surface area contributed by atoms with Crippen molar-refractivity contribution >= 4 is 11.6 Å². The molecule has 20 heavy (non-hydrogen) atoms. The quantitative estimate of drug-likeness (QED) is 0.906. The number of hydrogen-bond donors (Lipinski definition) is 1. The molecular weight excluding hydrogens is 277 g/mol. The molecule has 1 unspecified atom stereocenters. The van der Waals surface area contributed by atoms with Gasteiger partial charge in [-0.2, -0.15) is 0 Å². The van der Waals surface area contributed by atoms with Crippen LogP contribution >= 0.6 is 11.6 Å². The molecule has 0 aliphatic rings. The summed E-state index contributed by atoms with van der Waals surface area (Å²) in [5.74, 6) is 0.326. The first-order valence-corrected chi connectivity index (χ1v) is 6.84. The third-order valence-electron chi connectivity index (χ3n) is 2.90. The number of halogens is 2. The van der Waals surface area contributed by atoms with Crippen molar-refractivity contribution in [2.75, 3.05) is 0 Å². The van der Waals surface area contributed by atoms with Crippen LogP contribution < -0.4 is 10.5 Å². The first-order valence-electron chi connectivity index (χ1n) is 6.46. The van der Waals surface area contributed by atoms with Crippen LogP contribution in [0, 0.1) is 5.82 Å². The number of hydrogen-bond acceptors (Lipinski definition) is 2. The monoisotopic (exact) mass is 293 g/mol. The Kier molecular flexibility index (Phi) is 4.99. The average Bonchev–Trinajstić information content (AvgIpc) is 2.38. The van der Waals surface area contributed by atoms with Gasteiger partial charge >= 0.3 is 0 Å². The third kappa shape index (κ3) is 3.95. The predicted octanol–water partition coefficient (Wildman–Crippen LogP) is 3.95. The highest BCUT2D eigenvalue weighted by atomic mass is 35.5. The second-order valence-electron chi connectivity index (χ2n) is 4.82. The Balaban J connectivity index is 2.07. The van der Waals surface area contributed by atoms with E-state index in [1.807, 2.05) is 31.2 Å². The minimum absolute atomic E-state index is 0.0891. The Hall–Kier alpha value is -1.58. The van der Waals surface area contributed by atoms with Gasteiger partial charge in [0.1, 0.15) is 18.2 Å². The number of ether oxygens (including phenoxy) is 1. The molecular formula is C16H17ClFNO. The summed E-state index contributed by atoms with van der Waals surface area (Å²) in [6.45, 7) is 2.06. The summed E-state index contributed by atoms with van der Waals surface area (Å²) in [5.41, 5.74) is 7.23. The van der Waals surface area contributed by atoms with Gasteiger partial charge in [0.2, 0.25) is 0 Å². The number of rotatable bonds is 5. The molecule has 0 amide bonds. The summed E-state index contributed by atoms with van der Waals surface area (Å²) >= 11 is 5.96. The van der Waals surface area contributed by atoms with E-state index in [9.17, 15) is 4.39 Å². The molecule has 0 fully saturated rings. The van der Waals surface area contributed by atoms with Gasteiger partial charge in [0.15, 0.2) is 0 Å². The Morgan fingerprint density at radius 1 is 1.25 bits per heavy atom. The molecule has 2 N–H and O–H groups in total. The number of nitrogens with two attached hydrogens (primary N) is 1. The van der Waals surface area contributed by atoms with Gasteiger partial charge in [-0.1, -0.05) is 29.8 Å². The van der Waals surface area contributed by atoms with Crippen LogP contribution in [0.1, 0.15) is 18.1 Å². The normalized spacial score (nSPS) is 12.2. The van der Waals surface area contributed by atoms with Crippen LogP contribution in [0.5, 0.6) is 5.75 Å². The lowest BCUT2D eigenvalue weighted by Gasteiger charge is -2.11. The van der Waals surface area contributed by atoms with E-state index >= 15 is 0 Å². The SMILES string of the molecule is CC(N)Cc1cccc(OCc2c(F)cccc2Cl)c1.